The smallest absolute Gasteiger partial charge is 0.270 e. The summed E-state index contributed by atoms with van der Waals surface area (Å²) >= 11 is 1.66. The van der Waals surface area contributed by atoms with E-state index in [0.29, 0.717) is 18.7 Å². The summed E-state index contributed by atoms with van der Waals surface area (Å²) in [5, 5.41) is 17.4. The molecule has 8 nitrogen and oxygen atoms in total. The van der Waals surface area contributed by atoms with Crippen molar-refractivity contribution in [2.75, 3.05) is 19.7 Å². The van der Waals surface area contributed by atoms with Gasteiger partial charge in [-0.25, -0.2) is 9.97 Å². The van der Waals surface area contributed by atoms with Gasteiger partial charge in [-0.1, -0.05) is 0 Å². The molecule has 0 unspecified atom stereocenters. The highest BCUT2D eigenvalue weighted by Gasteiger charge is 2.53. The van der Waals surface area contributed by atoms with E-state index in [9.17, 15) is 9.90 Å². The average Bonchev–Trinajstić information content (AvgIpc) is 3.33. The van der Waals surface area contributed by atoms with Crippen LogP contribution in [0.5, 0.6) is 0 Å². The summed E-state index contributed by atoms with van der Waals surface area (Å²) < 4.78 is 7.81. The molecule has 28 heavy (non-hydrogen) atoms. The molecule has 2 atom stereocenters. The van der Waals surface area contributed by atoms with Crippen molar-refractivity contribution in [3.05, 3.63) is 34.8 Å². The van der Waals surface area contributed by atoms with Crippen molar-refractivity contribution in [3.63, 3.8) is 0 Å². The summed E-state index contributed by atoms with van der Waals surface area (Å²) in [5.41, 5.74) is -0.879. The van der Waals surface area contributed by atoms with Crippen molar-refractivity contribution in [2.24, 2.45) is 7.05 Å². The third-order valence-electron chi connectivity index (χ3n) is 6.11. The van der Waals surface area contributed by atoms with Gasteiger partial charge in [-0.3, -0.25) is 9.69 Å². The van der Waals surface area contributed by atoms with Gasteiger partial charge < -0.3 is 19.7 Å². The van der Waals surface area contributed by atoms with Crippen LogP contribution in [-0.4, -0.2) is 67.4 Å². The van der Waals surface area contributed by atoms with Crippen LogP contribution in [-0.2, 0) is 18.3 Å². The van der Waals surface area contributed by atoms with Gasteiger partial charge in [-0.2, -0.15) is 0 Å². The maximum absolute atomic E-state index is 12.7. The number of hydrogen-bond acceptors (Lipinski definition) is 7. The van der Waals surface area contributed by atoms with Crippen molar-refractivity contribution in [2.45, 2.75) is 50.0 Å². The van der Waals surface area contributed by atoms with Gasteiger partial charge in [0.2, 0.25) is 0 Å². The van der Waals surface area contributed by atoms with Gasteiger partial charge in [0.05, 0.1) is 30.2 Å². The van der Waals surface area contributed by atoms with Crippen molar-refractivity contribution in [3.8, 4) is 0 Å². The summed E-state index contributed by atoms with van der Waals surface area (Å²) in [7, 11) is 1.78. The number of nitrogens with zero attached hydrogens (tertiary/aromatic N) is 4. The number of carbonyl (C=O) groups excluding carboxylic acids is 1. The Morgan fingerprint density at radius 3 is 2.86 bits per heavy atom. The second kappa shape index (κ2) is 7.55. The fourth-order valence-electron chi connectivity index (χ4n) is 4.32. The second-order valence-electron chi connectivity index (χ2n) is 8.03. The second-order valence-corrected chi connectivity index (χ2v) is 9.01. The van der Waals surface area contributed by atoms with Gasteiger partial charge in [0, 0.05) is 38.3 Å². The van der Waals surface area contributed by atoms with Crippen molar-refractivity contribution in [1.29, 1.82) is 0 Å². The van der Waals surface area contributed by atoms with E-state index in [4.69, 9.17) is 4.74 Å². The Morgan fingerprint density at radius 2 is 2.21 bits per heavy atom. The van der Waals surface area contributed by atoms with E-state index >= 15 is 0 Å². The summed E-state index contributed by atoms with van der Waals surface area (Å²) in [5.74, 6) is -0.222. The minimum Gasteiger partial charge on any atom is -0.388 e. The van der Waals surface area contributed by atoms with Crippen LogP contribution in [0.25, 0.3) is 0 Å². The number of aromatic nitrogens is 3. The molecule has 1 amide bonds. The van der Waals surface area contributed by atoms with Crippen LogP contribution in [0.3, 0.4) is 0 Å². The zero-order chi connectivity index (χ0) is 19.8. The molecule has 4 rings (SSSR count). The molecule has 9 heteroatoms. The lowest BCUT2D eigenvalue weighted by molar-refractivity contribution is -0.205. The standard InChI is InChI=1S/C19H27N5O3S/c1-18(22-16(25)14-11-20-13-23(14)2)5-9-27-19(17(18)26)3-7-24(8-4-19)12-15-21-6-10-28-15/h6,10-11,13,17,26H,3-5,7-9,12H2,1-2H3,(H,22,25)/t17-,18+/m1/s1. The minimum atomic E-state index is -0.770. The molecule has 1 spiro atoms. The summed E-state index contributed by atoms with van der Waals surface area (Å²) in [6.07, 6.45) is 6.23. The third-order valence-corrected chi connectivity index (χ3v) is 6.87. The molecule has 2 aliphatic heterocycles. The quantitative estimate of drug-likeness (QED) is 0.794. The van der Waals surface area contributed by atoms with Crippen LogP contribution in [0.4, 0.5) is 0 Å². The van der Waals surface area contributed by atoms with Crippen LogP contribution < -0.4 is 5.32 Å². The number of rotatable bonds is 4. The zero-order valence-electron chi connectivity index (χ0n) is 16.3. The van der Waals surface area contributed by atoms with Crippen LogP contribution >= 0.6 is 11.3 Å². The first-order valence-electron chi connectivity index (χ1n) is 9.63. The van der Waals surface area contributed by atoms with Crippen LogP contribution in [0, 0.1) is 0 Å². The van der Waals surface area contributed by atoms with E-state index in [1.54, 1.807) is 29.3 Å². The normalized spacial score (nSPS) is 27.8. The first-order valence-corrected chi connectivity index (χ1v) is 10.5. The Bertz CT molecular complexity index is 815. The Labute approximate surface area is 168 Å². The molecule has 0 aromatic carbocycles. The number of amides is 1. The molecule has 0 saturated carbocycles. The summed E-state index contributed by atoms with van der Waals surface area (Å²) in [6, 6.07) is 0. The highest BCUT2D eigenvalue weighted by atomic mass is 32.1. The highest BCUT2D eigenvalue weighted by molar-refractivity contribution is 7.09. The van der Waals surface area contributed by atoms with Gasteiger partial charge in [-0.15, -0.1) is 11.3 Å². The largest absolute Gasteiger partial charge is 0.388 e. The molecule has 2 saturated heterocycles. The third kappa shape index (κ3) is 3.59. The number of thiazole rings is 1. The maximum atomic E-state index is 12.7. The lowest BCUT2D eigenvalue weighted by Gasteiger charge is -2.53. The number of aliphatic hydroxyl groups excluding tert-OH is 1. The molecule has 152 valence electrons. The molecular weight excluding hydrogens is 378 g/mol. The molecular formula is C19H27N5O3S. The number of nitrogens with one attached hydrogen (secondary N) is 1. The predicted octanol–water partition coefficient (Wildman–Crippen LogP) is 1.18. The number of hydrogen-bond donors (Lipinski definition) is 2. The van der Waals surface area contributed by atoms with E-state index in [2.05, 4.69) is 20.2 Å². The number of likely N-dealkylation sites (tertiary alicyclic amines) is 1. The fourth-order valence-corrected chi connectivity index (χ4v) is 4.98. The Hall–Kier alpha value is -1.81. The van der Waals surface area contributed by atoms with Crippen molar-refractivity contribution >= 4 is 17.2 Å². The van der Waals surface area contributed by atoms with E-state index in [1.807, 2.05) is 18.5 Å². The summed E-state index contributed by atoms with van der Waals surface area (Å²) in [6.45, 7) is 4.94. The minimum absolute atomic E-state index is 0.222. The van der Waals surface area contributed by atoms with Crippen LogP contribution in [0.1, 0.15) is 41.7 Å². The van der Waals surface area contributed by atoms with Crippen LogP contribution in [0.2, 0.25) is 0 Å². The van der Waals surface area contributed by atoms with Crippen LogP contribution in [0.15, 0.2) is 24.1 Å². The number of imidazole rings is 1. The number of aliphatic hydroxyl groups is 1. The molecule has 0 aliphatic carbocycles. The zero-order valence-corrected chi connectivity index (χ0v) is 17.1. The first-order chi connectivity index (χ1) is 13.4. The molecule has 0 bridgehead atoms. The summed E-state index contributed by atoms with van der Waals surface area (Å²) in [4.78, 5) is 23.4. The Morgan fingerprint density at radius 1 is 1.43 bits per heavy atom. The SMILES string of the molecule is Cn1cncc1C(=O)N[C@@]1(C)CCOC2(CCN(Cc3nccs3)CC2)[C@@H]1O. The van der Waals surface area contributed by atoms with Crippen molar-refractivity contribution in [1.82, 2.24) is 24.8 Å². The number of carbonyl (C=O) groups is 1. The lowest BCUT2D eigenvalue weighted by atomic mass is 9.73. The Kier molecular flexibility index (Phi) is 5.26. The Balaban J connectivity index is 1.43. The molecule has 2 aromatic heterocycles. The van der Waals surface area contributed by atoms with Gasteiger partial charge >= 0.3 is 0 Å². The molecule has 2 N–H and O–H groups in total. The fraction of sp³-hybridized carbons (Fsp3) is 0.632. The van der Waals surface area contributed by atoms with Gasteiger partial charge in [0.15, 0.2) is 0 Å². The monoisotopic (exact) mass is 405 g/mol. The molecule has 4 heterocycles. The number of piperidine rings is 1. The van der Waals surface area contributed by atoms with Gasteiger partial charge in [0.1, 0.15) is 16.8 Å². The number of ether oxygens (including phenoxy) is 1. The highest BCUT2D eigenvalue weighted by Crippen LogP contribution is 2.40. The van der Waals surface area contributed by atoms with E-state index in [-0.39, 0.29) is 5.91 Å². The number of aryl methyl sites for hydroxylation is 1. The van der Waals surface area contributed by atoms with Gasteiger partial charge in [-0.05, 0) is 26.2 Å². The molecule has 0 radical (unpaired) electrons. The molecule has 2 aromatic rings. The maximum Gasteiger partial charge on any atom is 0.270 e. The molecule has 2 fully saturated rings. The van der Waals surface area contributed by atoms with E-state index in [0.717, 1.165) is 37.5 Å². The average molecular weight is 406 g/mol. The van der Waals surface area contributed by atoms with Crippen molar-refractivity contribution < 1.29 is 14.6 Å². The first kappa shape index (κ1) is 19.5. The van der Waals surface area contributed by atoms with E-state index < -0.39 is 17.2 Å². The van der Waals surface area contributed by atoms with E-state index in [1.165, 1.54) is 6.20 Å². The topological polar surface area (TPSA) is 92.5 Å². The molecule has 2 aliphatic rings. The van der Waals surface area contributed by atoms with Gasteiger partial charge in [0.25, 0.3) is 5.91 Å². The lowest BCUT2D eigenvalue weighted by Crippen LogP contribution is -2.69. The predicted molar refractivity (Wildman–Crippen MR) is 105 cm³/mol.